The lowest BCUT2D eigenvalue weighted by Crippen LogP contribution is -2.19. The molecule has 0 aromatic rings. The van der Waals surface area contributed by atoms with Crippen LogP contribution in [0.15, 0.2) is 34.0 Å². The molecule has 2 rings (SSSR count). The molecule has 2 aliphatic heterocycles. The third-order valence-corrected chi connectivity index (χ3v) is 1.54. The van der Waals surface area contributed by atoms with Crippen LogP contribution in [0.5, 0.6) is 0 Å². The van der Waals surface area contributed by atoms with Gasteiger partial charge in [0.15, 0.2) is 0 Å². The number of rotatable bonds is 0. The number of nitrogens with two attached hydrogens (primary N) is 1. The molecule has 3 nitrogen and oxygen atoms in total. The van der Waals surface area contributed by atoms with E-state index < -0.39 is 0 Å². The molecule has 0 atom stereocenters. The highest BCUT2D eigenvalue weighted by atomic mass is 14.9. The Morgan fingerprint density at radius 1 is 1.40 bits per heavy atom. The molecule has 0 saturated heterocycles. The maximum absolute atomic E-state index is 5.49. The maximum Gasteiger partial charge on any atom is 0.105 e. The molecule has 50 valence electrons. The van der Waals surface area contributed by atoms with Gasteiger partial charge in [-0.15, -0.1) is 0 Å². The normalized spacial score (nSPS) is 21.4. The number of nitrogens with zero attached hydrogens (tertiary/aromatic N) is 2. The van der Waals surface area contributed by atoms with Gasteiger partial charge in [-0.3, -0.25) is 4.99 Å². The fourth-order valence-electron chi connectivity index (χ4n) is 1.01. The van der Waals surface area contributed by atoms with E-state index in [1.807, 2.05) is 6.08 Å². The third kappa shape index (κ3) is 0.673. The number of fused-ring (bicyclic) bond motifs is 1. The predicted octanol–water partition coefficient (Wildman–Crippen LogP) is 0.600. The first-order valence-corrected chi connectivity index (χ1v) is 3.12. The van der Waals surface area contributed by atoms with E-state index in [9.17, 15) is 0 Å². The van der Waals surface area contributed by atoms with Crippen molar-refractivity contribution in [3.8, 4) is 0 Å². The molecule has 0 unspecified atom stereocenters. The van der Waals surface area contributed by atoms with E-state index in [1.54, 1.807) is 12.4 Å². The second kappa shape index (κ2) is 1.80. The quantitative estimate of drug-likeness (QED) is 0.516. The molecular weight excluding hydrogens is 126 g/mol. The third-order valence-electron chi connectivity index (χ3n) is 1.54. The number of amidine groups is 1. The zero-order valence-corrected chi connectivity index (χ0v) is 5.41. The highest BCUT2D eigenvalue weighted by Gasteiger charge is 2.13. The fourth-order valence-corrected chi connectivity index (χ4v) is 1.01. The summed E-state index contributed by atoms with van der Waals surface area (Å²) in [7, 11) is 0. The molecule has 2 heterocycles. The summed E-state index contributed by atoms with van der Waals surface area (Å²) in [5.74, 6) is 0.645. The molecule has 10 heavy (non-hydrogen) atoms. The Hall–Kier alpha value is -1.38. The van der Waals surface area contributed by atoms with Crippen molar-refractivity contribution < 1.29 is 0 Å². The maximum atomic E-state index is 5.49. The van der Waals surface area contributed by atoms with Gasteiger partial charge in [0.1, 0.15) is 5.84 Å². The minimum atomic E-state index is 0.645. The first-order chi connectivity index (χ1) is 4.86. The topological polar surface area (TPSA) is 50.7 Å². The van der Waals surface area contributed by atoms with Crippen molar-refractivity contribution in [3.63, 3.8) is 0 Å². The Morgan fingerprint density at radius 3 is 3.20 bits per heavy atom. The largest absolute Gasteiger partial charge is 0.387 e. The fraction of sp³-hybridized carbons (Fsp3) is 0.143. The van der Waals surface area contributed by atoms with E-state index in [2.05, 4.69) is 9.98 Å². The van der Waals surface area contributed by atoms with Crippen LogP contribution >= 0.6 is 0 Å². The van der Waals surface area contributed by atoms with Crippen LogP contribution in [-0.2, 0) is 0 Å². The lowest BCUT2D eigenvalue weighted by molar-refractivity contribution is 1.34. The lowest BCUT2D eigenvalue weighted by atomic mass is 10.1. The van der Waals surface area contributed by atoms with Crippen LogP contribution in [0.25, 0.3) is 0 Å². The summed E-state index contributed by atoms with van der Waals surface area (Å²) in [6.45, 7) is 0. The van der Waals surface area contributed by atoms with Crippen molar-refractivity contribution in [1.82, 2.24) is 0 Å². The Morgan fingerprint density at radius 2 is 2.30 bits per heavy atom. The summed E-state index contributed by atoms with van der Waals surface area (Å²) >= 11 is 0. The Labute approximate surface area is 58.7 Å². The van der Waals surface area contributed by atoms with Gasteiger partial charge >= 0.3 is 0 Å². The van der Waals surface area contributed by atoms with Crippen molar-refractivity contribution in [2.24, 2.45) is 15.7 Å². The second-order valence-electron chi connectivity index (χ2n) is 2.27. The van der Waals surface area contributed by atoms with Gasteiger partial charge in [0, 0.05) is 24.4 Å². The number of hydrogen-bond donors (Lipinski definition) is 1. The zero-order chi connectivity index (χ0) is 6.97. The number of hydrogen-bond acceptors (Lipinski definition) is 3. The summed E-state index contributed by atoms with van der Waals surface area (Å²) < 4.78 is 0. The molecule has 2 N–H and O–H groups in total. The molecule has 0 aliphatic carbocycles. The SMILES string of the molecule is NC1=NC=C2C=CN=C2C1. The first kappa shape index (κ1) is 5.41. The molecule has 0 amide bonds. The molecule has 0 bridgehead atoms. The van der Waals surface area contributed by atoms with E-state index in [0.717, 1.165) is 11.3 Å². The van der Waals surface area contributed by atoms with E-state index in [1.165, 1.54) is 0 Å². The zero-order valence-electron chi connectivity index (χ0n) is 5.41. The smallest absolute Gasteiger partial charge is 0.105 e. The predicted molar refractivity (Wildman–Crippen MR) is 40.9 cm³/mol. The molecular formula is C7H7N3. The van der Waals surface area contributed by atoms with Gasteiger partial charge in [-0.1, -0.05) is 0 Å². The molecule has 0 aromatic carbocycles. The molecule has 0 spiro atoms. The van der Waals surface area contributed by atoms with E-state index in [0.29, 0.717) is 12.3 Å². The van der Waals surface area contributed by atoms with E-state index in [4.69, 9.17) is 5.73 Å². The lowest BCUT2D eigenvalue weighted by Gasteiger charge is -2.05. The first-order valence-electron chi connectivity index (χ1n) is 3.12. The monoisotopic (exact) mass is 133 g/mol. The van der Waals surface area contributed by atoms with Crippen LogP contribution in [-0.4, -0.2) is 11.5 Å². The number of aliphatic imine (C=N–C) groups is 2. The second-order valence-corrected chi connectivity index (χ2v) is 2.27. The van der Waals surface area contributed by atoms with Crippen molar-refractivity contribution in [3.05, 3.63) is 24.0 Å². The van der Waals surface area contributed by atoms with Gasteiger partial charge in [-0.2, -0.15) is 0 Å². The van der Waals surface area contributed by atoms with E-state index >= 15 is 0 Å². The van der Waals surface area contributed by atoms with E-state index in [-0.39, 0.29) is 0 Å². The number of allylic oxidation sites excluding steroid dienone is 2. The average Bonchev–Trinajstić information content (AvgIpc) is 2.33. The van der Waals surface area contributed by atoms with Crippen LogP contribution in [0.2, 0.25) is 0 Å². The van der Waals surface area contributed by atoms with Crippen LogP contribution in [0.3, 0.4) is 0 Å². The molecule has 0 radical (unpaired) electrons. The van der Waals surface area contributed by atoms with Gasteiger partial charge in [-0.25, -0.2) is 4.99 Å². The summed E-state index contributed by atoms with van der Waals surface area (Å²) in [6.07, 6.45) is 6.15. The minimum absolute atomic E-state index is 0.645. The van der Waals surface area contributed by atoms with Crippen molar-refractivity contribution in [2.45, 2.75) is 6.42 Å². The van der Waals surface area contributed by atoms with Gasteiger partial charge in [0.25, 0.3) is 0 Å². The van der Waals surface area contributed by atoms with Crippen molar-refractivity contribution in [1.29, 1.82) is 0 Å². The van der Waals surface area contributed by atoms with Gasteiger partial charge in [-0.05, 0) is 6.08 Å². The molecule has 0 fully saturated rings. The molecule has 2 aliphatic rings. The van der Waals surface area contributed by atoms with Crippen LogP contribution in [0.4, 0.5) is 0 Å². The van der Waals surface area contributed by atoms with Crippen molar-refractivity contribution in [2.75, 3.05) is 0 Å². The molecule has 0 saturated carbocycles. The molecule has 3 heteroatoms. The summed E-state index contributed by atoms with van der Waals surface area (Å²) in [6, 6.07) is 0. The summed E-state index contributed by atoms with van der Waals surface area (Å²) in [4.78, 5) is 8.09. The van der Waals surface area contributed by atoms with Gasteiger partial charge < -0.3 is 5.73 Å². The highest BCUT2D eigenvalue weighted by molar-refractivity contribution is 6.15. The minimum Gasteiger partial charge on any atom is -0.387 e. The molecule has 0 aromatic heterocycles. The van der Waals surface area contributed by atoms with Crippen molar-refractivity contribution >= 4 is 11.5 Å². The Balaban J connectivity index is 2.42. The highest BCUT2D eigenvalue weighted by Crippen LogP contribution is 2.15. The van der Waals surface area contributed by atoms with Gasteiger partial charge in [0.05, 0.1) is 5.71 Å². The Kier molecular flexibility index (Phi) is 0.974. The average molecular weight is 133 g/mol. The summed E-state index contributed by atoms with van der Waals surface area (Å²) in [5.41, 5.74) is 7.61. The van der Waals surface area contributed by atoms with Crippen LogP contribution in [0.1, 0.15) is 6.42 Å². The summed E-state index contributed by atoms with van der Waals surface area (Å²) in [5, 5.41) is 0. The van der Waals surface area contributed by atoms with Gasteiger partial charge in [0.2, 0.25) is 0 Å². The standard InChI is InChI=1S/C7H7N3/c8-7-3-6-5(4-10-7)1-2-9-6/h1-2,4H,3H2,(H2,8,10). The Bertz CT molecular complexity index is 281. The van der Waals surface area contributed by atoms with Crippen LogP contribution in [0, 0.1) is 0 Å². The van der Waals surface area contributed by atoms with Crippen LogP contribution < -0.4 is 5.73 Å².